The number of phenolic OH excluding ortho intramolecular Hbond substituents is 2. The number of methoxy groups -OCH3 is 2. The van der Waals surface area contributed by atoms with Crippen LogP contribution in [-0.4, -0.2) is 34.6 Å². The van der Waals surface area contributed by atoms with Gasteiger partial charge < -0.3 is 25.4 Å². The summed E-state index contributed by atoms with van der Waals surface area (Å²) in [6, 6.07) is 8.39. The van der Waals surface area contributed by atoms with E-state index in [0.717, 1.165) is 0 Å². The number of ether oxygens (including phenoxy) is 2. The third-order valence-corrected chi connectivity index (χ3v) is 4.32. The largest absolute Gasteiger partial charge is 0.508 e. The smallest absolute Gasteiger partial charge is 0.153 e. The minimum absolute atomic E-state index is 0.0433. The highest BCUT2D eigenvalue weighted by molar-refractivity contribution is 5.92. The number of H-pyrrole nitrogens is 1. The Morgan fingerprint density at radius 1 is 1.04 bits per heavy atom. The summed E-state index contributed by atoms with van der Waals surface area (Å²) in [6.45, 7) is 1.92. The topological polar surface area (TPSA) is 114 Å². The average Bonchev–Trinajstić information content (AvgIpc) is 3.02. The molecule has 0 saturated heterocycles. The van der Waals surface area contributed by atoms with Crippen LogP contribution in [0.5, 0.6) is 23.0 Å². The molecule has 0 unspecified atom stereocenters. The lowest BCUT2D eigenvalue weighted by molar-refractivity contribution is 0.404. The number of hydrogen-bond donors (Lipinski definition) is 4. The molecule has 1 heterocycles. The lowest BCUT2D eigenvalue weighted by Crippen LogP contribution is -1.94. The average molecular weight is 355 g/mol. The van der Waals surface area contributed by atoms with Gasteiger partial charge in [0, 0.05) is 17.2 Å². The standard InChI is InChI=1S/C19H21N3O4/c1-4-10-7-12(15(24)9-14(10)23)18-17(19(20)22-21-18)13-8-11(25-2)5-6-16(13)26-3/h5-9,23-24H,4H2,1-3H3,(H3,20,21,22). The fourth-order valence-corrected chi connectivity index (χ4v) is 2.94. The van der Waals surface area contributed by atoms with Crippen LogP contribution < -0.4 is 15.2 Å². The normalized spacial score (nSPS) is 10.7. The van der Waals surface area contributed by atoms with Gasteiger partial charge in [-0.15, -0.1) is 0 Å². The highest BCUT2D eigenvalue weighted by Crippen LogP contribution is 2.44. The van der Waals surface area contributed by atoms with Gasteiger partial charge in [0.25, 0.3) is 0 Å². The number of nitrogens with one attached hydrogen (secondary N) is 1. The summed E-state index contributed by atoms with van der Waals surface area (Å²) in [7, 11) is 3.14. The molecule has 5 N–H and O–H groups in total. The number of rotatable bonds is 5. The zero-order valence-corrected chi connectivity index (χ0v) is 14.8. The molecule has 1 aromatic heterocycles. The minimum Gasteiger partial charge on any atom is -0.508 e. The van der Waals surface area contributed by atoms with E-state index >= 15 is 0 Å². The maximum absolute atomic E-state index is 10.4. The summed E-state index contributed by atoms with van der Waals surface area (Å²) >= 11 is 0. The monoisotopic (exact) mass is 355 g/mol. The van der Waals surface area contributed by atoms with E-state index in [2.05, 4.69) is 10.2 Å². The summed E-state index contributed by atoms with van der Waals surface area (Å²) in [4.78, 5) is 0. The molecule has 7 nitrogen and oxygen atoms in total. The molecule has 136 valence electrons. The third kappa shape index (κ3) is 2.88. The van der Waals surface area contributed by atoms with Gasteiger partial charge in [0.05, 0.1) is 25.5 Å². The number of phenols is 2. The number of aromatic nitrogens is 2. The Morgan fingerprint density at radius 3 is 2.46 bits per heavy atom. The zero-order valence-electron chi connectivity index (χ0n) is 14.8. The minimum atomic E-state index is -0.0773. The first-order valence-corrected chi connectivity index (χ1v) is 8.11. The summed E-state index contributed by atoms with van der Waals surface area (Å²) < 4.78 is 10.8. The van der Waals surface area contributed by atoms with Crippen molar-refractivity contribution in [1.29, 1.82) is 0 Å². The van der Waals surface area contributed by atoms with Gasteiger partial charge in [0.15, 0.2) is 5.82 Å². The van der Waals surface area contributed by atoms with E-state index in [1.165, 1.54) is 6.07 Å². The van der Waals surface area contributed by atoms with Gasteiger partial charge >= 0.3 is 0 Å². The summed E-state index contributed by atoms with van der Waals surface area (Å²) in [6.07, 6.45) is 0.612. The number of nitrogen functional groups attached to an aromatic ring is 1. The molecule has 0 bridgehead atoms. The molecule has 0 saturated carbocycles. The second kappa shape index (κ2) is 6.87. The van der Waals surface area contributed by atoms with Gasteiger partial charge in [-0.3, -0.25) is 5.10 Å². The molecule has 26 heavy (non-hydrogen) atoms. The molecular weight excluding hydrogens is 334 g/mol. The van der Waals surface area contributed by atoms with Crippen molar-refractivity contribution in [3.05, 3.63) is 35.9 Å². The lowest BCUT2D eigenvalue weighted by atomic mass is 9.97. The first kappa shape index (κ1) is 17.5. The van der Waals surface area contributed by atoms with E-state index in [1.807, 2.05) is 6.92 Å². The highest BCUT2D eigenvalue weighted by atomic mass is 16.5. The fourth-order valence-electron chi connectivity index (χ4n) is 2.94. The van der Waals surface area contributed by atoms with Gasteiger partial charge in [-0.25, -0.2) is 0 Å². The molecule has 0 aliphatic carbocycles. The summed E-state index contributed by atoms with van der Waals surface area (Å²) in [5.74, 6) is 1.45. The Bertz CT molecular complexity index is 950. The van der Waals surface area contributed by atoms with Gasteiger partial charge in [-0.2, -0.15) is 5.10 Å². The molecule has 0 amide bonds. The maximum atomic E-state index is 10.4. The van der Waals surface area contributed by atoms with Gasteiger partial charge in [-0.05, 0) is 36.2 Å². The Labute approximate surface area is 151 Å². The number of hydrogen-bond acceptors (Lipinski definition) is 6. The van der Waals surface area contributed by atoms with E-state index in [1.54, 1.807) is 38.5 Å². The zero-order chi connectivity index (χ0) is 18.8. The molecule has 0 aliphatic rings. The molecule has 0 atom stereocenters. The summed E-state index contributed by atoms with van der Waals surface area (Å²) in [5, 5.41) is 27.3. The van der Waals surface area contributed by atoms with Gasteiger partial charge in [0.2, 0.25) is 0 Å². The van der Waals surface area contributed by atoms with E-state index in [4.69, 9.17) is 15.2 Å². The molecule has 0 fully saturated rings. The van der Waals surface area contributed by atoms with Crippen LogP contribution in [0.25, 0.3) is 22.4 Å². The number of benzene rings is 2. The molecule has 7 heteroatoms. The number of nitrogens with two attached hydrogens (primary N) is 1. The van der Waals surface area contributed by atoms with Crippen LogP contribution in [0.2, 0.25) is 0 Å². The molecular formula is C19H21N3O4. The van der Waals surface area contributed by atoms with E-state index in [9.17, 15) is 10.2 Å². The second-order valence-corrected chi connectivity index (χ2v) is 5.78. The van der Waals surface area contributed by atoms with Crippen LogP contribution >= 0.6 is 0 Å². The van der Waals surface area contributed by atoms with Crippen LogP contribution in [0.15, 0.2) is 30.3 Å². The number of aromatic amines is 1. The van der Waals surface area contributed by atoms with E-state index in [0.29, 0.717) is 45.9 Å². The van der Waals surface area contributed by atoms with Crippen molar-refractivity contribution >= 4 is 5.82 Å². The van der Waals surface area contributed by atoms with E-state index < -0.39 is 0 Å². The maximum Gasteiger partial charge on any atom is 0.153 e. The lowest BCUT2D eigenvalue weighted by Gasteiger charge is -2.13. The van der Waals surface area contributed by atoms with Gasteiger partial charge in [0.1, 0.15) is 23.0 Å². The third-order valence-electron chi connectivity index (χ3n) is 4.32. The SMILES string of the molecule is CCc1cc(-c2[nH]nc(N)c2-c2cc(OC)ccc2OC)c(O)cc1O. The Balaban J connectivity index is 2.27. The Hall–Kier alpha value is -3.35. The van der Waals surface area contributed by atoms with Crippen molar-refractivity contribution in [2.75, 3.05) is 20.0 Å². The van der Waals surface area contributed by atoms with Crippen LogP contribution in [0.3, 0.4) is 0 Å². The first-order valence-electron chi connectivity index (χ1n) is 8.11. The van der Waals surface area contributed by atoms with Crippen molar-refractivity contribution in [3.8, 4) is 45.4 Å². The molecule has 3 rings (SSSR count). The van der Waals surface area contributed by atoms with Gasteiger partial charge in [-0.1, -0.05) is 6.92 Å². The number of nitrogens with zero attached hydrogens (tertiary/aromatic N) is 1. The molecule has 3 aromatic rings. The summed E-state index contributed by atoms with van der Waals surface area (Å²) in [5.41, 5.74) is 9.09. The quantitative estimate of drug-likeness (QED) is 0.558. The Kier molecular flexibility index (Phi) is 4.62. The van der Waals surface area contributed by atoms with Crippen molar-refractivity contribution in [3.63, 3.8) is 0 Å². The van der Waals surface area contributed by atoms with Crippen LogP contribution in [0.4, 0.5) is 5.82 Å². The predicted octanol–water partition coefficient (Wildman–Crippen LogP) is 3.32. The van der Waals surface area contributed by atoms with Crippen molar-refractivity contribution < 1.29 is 19.7 Å². The molecule has 0 spiro atoms. The van der Waals surface area contributed by atoms with Crippen LogP contribution in [-0.2, 0) is 6.42 Å². The van der Waals surface area contributed by atoms with E-state index in [-0.39, 0.29) is 17.3 Å². The number of aromatic hydroxyl groups is 2. The van der Waals surface area contributed by atoms with Crippen molar-refractivity contribution in [2.45, 2.75) is 13.3 Å². The Morgan fingerprint density at radius 2 is 1.81 bits per heavy atom. The fraction of sp³-hybridized carbons (Fsp3) is 0.211. The number of anilines is 1. The second-order valence-electron chi connectivity index (χ2n) is 5.78. The molecule has 0 aliphatic heterocycles. The first-order chi connectivity index (χ1) is 12.5. The predicted molar refractivity (Wildman–Crippen MR) is 99.7 cm³/mol. The van der Waals surface area contributed by atoms with Crippen LogP contribution in [0, 0.1) is 0 Å². The number of aryl methyl sites for hydroxylation is 1. The molecule has 2 aromatic carbocycles. The van der Waals surface area contributed by atoms with Crippen molar-refractivity contribution in [2.24, 2.45) is 0 Å². The van der Waals surface area contributed by atoms with Crippen LogP contribution in [0.1, 0.15) is 12.5 Å². The van der Waals surface area contributed by atoms with Crippen molar-refractivity contribution in [1.82, 2.24) is 10.2 Å². The molecule has 0 radical (unpaired) electrons. The highest BCUT2D eigenvalue weighted by Gasteiger charge is 2.22.